The van der Waals surface area contributed by atoms with Gasteiger partial charge in [-0.3, -0.25) is 4.79 Å². The first-order valence-corrected chi connectivity index (χ1v) is 7.10. The molecule has 0 aromatic heterocycles. The number of hydrogen-bond donors (Lipinski definition) is 2. The lowest BCUT2D eigenvalue weighted by molar-refractivity contribution is -0.139. The van der Waals surface area contributed by atoms with Crippen LogP contribution in [0, 0.1) is 0 Å². The minimum Gasteiger partial charge on any atom is -0.493 e. The molecule has 0 bridgehead atoms. The summed E-state index contributed by atoms with van der Waals surface area (Å²) < 4.78 is 5.56. The van der Waals surface area contributed by atoms with E-state index in [0.29, 0.717) is 18.8 Å². The largest absolute Gasteiger partial charge is 0.493 e. The Morgan fingerprint density at radius 2 is 2.37 bits per heavy atom. The van der Waals surface area contributed by atoms with Crippen molar-refractivity contribution in [2.45, 2.75) is 12.0 Å². The predicted molar refractivity (Wildman–Crippen MR) is 72.6 cm³/mol. The molecule has 6 heteroatoms. The lowest BCUT2D eigenvalue weighted by Crippen LogP contribution is -2.38. The molecule has 2 rings (SSSR count). The lowest BCUT2D eigenvalue weighted by Gasteiger charge is -2.12. The van der Waals surface area contributed by atoms with E-state index in [2.05, 4.69) is 5.32 Å². The van der Waals surface area contributed by atoms with Crippen molar-refractivity contribution in [3.63, 3.8) is 0 Å². The van der Waals surface area contributed by atoms with Crippen LogP contribution in [0.4, 0.5) is 0 Å². The number of fused-ring (bicyclic) bond motifs is 1. The van der Waals surface area contributed by atoms with E-state index in [-0.39, 0.29) is 5.92 Å². The van der Waals surface area contributed by atoms with Gasteiger partial charge >= 0.3 is 5.97 Å². The fourth-order valence-electron chi connectivity index (χ4n) is 1.97. The lowest BCUT2D eigenvalue weighted by atomic mass is 10.0. The number of hydrogen-bond acceptors (Lipinski definition) is 4. The second-order valence-electron chi connectivity index (χ2n) is 4.26. The molecule has 0 saturated heterocycles. The number of nitrogens with one attached hydrogen (secondary N) is 1. The molecular formula is C13H15NO4S. The average Bonchev–Trinajstić information content (AvgIpc) is 2.81. The number of carbonyl (C=O) groups is 2. The van der Waals surface area contributed by atoms with Crippen molar-refractivity contribution >= 4 is 24.1 Å². The molecule has 102 valence electrons. The molecule has 1 aliphatic heterocycles. The first-order chi connectivity index (χ1) is 9.22. The van der Waals surface area contributed by atoms with E-state index in [1.807, 2.05) is 24.3 Å². The first-order valence-electron chi connectivity index (χ1n) is 5.94. The maximum atomic E-state index is 10.9. The van der Waals surface area contributed by atoms with Crippen LogP contribution < -0.4 is 10.1 Å². The summed E-state index contributed by atoms with van der Waals surface area (Å²) in [5.74, 6) is 1.32. The molecule has 2 N–H and O–H groups in total. The molecule has 0 fully saturated rings. The Hall–Kier alpha value is -1.69. The SMILES string of the molecule is O=CNC(CSCC1COc2ccccc21)C(=O)O. The molecule has 0 radical (unpaired) electrons. The molecule has 5 nitrogen and oxygen atoms in total. The van der Waals surface area contributed by atoms with Crippen LogP contribution >= 0.6 is 11.8 Å². The van der Waals surface area contributed by atoms with Gasteiger partial charge in [-0.1, -0.05) is 18.2 Å². The molecular weight excluding hydrogens is 266 g/mol. The number of rotatable bonds is 7. The van der Waals surface area contributed by atoms with Crippen LogP contribution in [-0.2, 0) is 9.59 Å². The van der Waals surface area contributed by atoms with Crippen molar-refractivity contribution in [3.05, 3.63) is 29.8 Å². The van der Waals surface area contributed by atoms with E-state index in [1.165, 1.54) is 17.3 Å². The van der Waals surface area contributed by atoms with Gasteiger partial charge in [0.25, 0.3) is 0 Å². The molecule has 0 saturated carbocycles. The Morgan fingerprint density at radius 1 is 1.58 bits per heavy atom. The number of thioether (sulfide) groups is 1. The first kappa shape index (κ1) is 13.7. The molecule has 19 heavy (non-hydrogen) atoms. The van der Waals surface area contributed by atoms with Gasteiger partial charge in [-0.15, -0.1) is 0 Å². The van der Waals surface area contributed by atoms with Gasteiger partial charge in [-0.05, 0) is 6.07 Å². The van der Waals surface area contributed by atoms with Gasteiger partial charge < -0.3 is 15.2 Å². The van der Waals surface area contributed by atoms with Crippen molar-refractivity contribution in [3.8, 4) is 5.75 Å². The highest BCUT2D eigenvalue weighted by molar-refractivity contribution is 7.99. The van der Waals surface area contributed by atoms with Crippen LogP contribution in [0.5, 0.6) is 5.75 Å². The summed E-state index contributed by atoms with van der Waals surface area (Å²) in [5.41, 5.74) is 1.17. The molecule has 0 spiro atoms. The van der Waals surface area contributed by atoms with Gasteiger partial charge in [0.15, 0.2) is 0 Å². The van der Waals surface area contributed by atoms with Crippen molar-refractivity contribution in [2.24, 2.45) is 0 Å². The molecule has 1 aromatic rings. The van der Waals surface area contributed by atoms with Gasteiger partial charge in [0.2, 0.25) is 6.41 Å². The van der Waals surface area contributed by atoms with E-state index in [9.17, 15) is 9.59 Å². The Kier molecular flexibility index (Phi) is 4.68. The number of para-hydroxylation sites is 1. The zero-order valence-corrected chi connectivity index (χ0v) is 11.1. The smallest absolute Gasteiger partial charge is 0.327 e. The minimum atomic E-state index is -1.01. The second-order valence-corrected chi connectivity index (χ2v) is 5.33. The number of carboxylic acids is 1. The van der Waals surface area contributed by atoms with Crippen molar-refractivity contribution in [1.29, 1.82) is 0 Å². The zero-order valence-electron chi connectivity index (χ0n) is 10.2. The van der Waals surface area contributed by atoms with Gasteiger partial charge in [0.1, 0.15) is 11.8 Å². The number of amides is 1. The summed E-state index contributed by atoms with van der Waals surface area (Å²) in [6, 6.07) is 7.04. The third-order valence-corrected chi connectivity index (χ3v) is 4.18. The minimum absolute atomic E-state index is 0.284. The zero-order chi connectivity index (χ0) is 13.7. The standard InChI is InChI=1S/C13H15NO4S/c15-8-14-11(13(16)17)7-19-6-9-5-18-12-4-2-1-3-10(9)12/h1-4,8-9,11H,5-7H2,(H,14,15)(H,16,17). The van der Waals surface area contributed by atoms with Crippen LogP contribution in [0.25, 0.3) is 0 Å². The highest BCUT2D eigenvalue weighted by Crippen LogP contribution is 2.35. The summed E-state index contributed by atoms with van der Waals surface area (Å²) in [6.45, 7) is 0.630. The topological polar surface area (TPSA) is 75.6 Å². The number of carbonyl (C=O) groups excluding carboxylic acids is 1. The Labute approximate surface area is 115 Å². The van der Waals surface area contributed by atoms with E-state index < -0.39 is 12.0 Å². The monoisotopic (exact) mass is 281 g/mol. The normalized spacial score (nSPS) is 18.2. The van der Waals surface area contributed by atoms with E-state index >= 15 is 0 Å². The van der Waals surface area contributed by atoms with Crippen molar-refractivity contribution in [2.75, 3.05) is 18.1 Å². The molecule has 1 aliphatic rings. The molecule has 2 atom stereocenters. The Morgan fingerprint density at radius 3 is 3.11 bits per heavy atom. The predicted octanol–water partition coefficient (Wildman–Crippen LogP) is 1.09. The van der Waals surface area contributed by atoms with E-state index in [4.69, 9.17) is 9.84 Å². The summed E-state index contributed by atoms with van der Waals surface area (Å²) in [7, 11) is 0. The summed E-state index contributed by atoms with van der Waals surface area (Å²) in [4.78, 5) is 21.2. The van der Waals surface area contributed by atoms with E-state index in [0.717, 1.165) is 11.5 Å². The molecule has 0 aliphatic carbocycles. The number of ether oxygens (including phenoxy) is 1. The highest BCUT2D eigenvalue weighted by Gasteiger charge is 2.24. The molecule has 1 aromatic carbocycles. The molecule has 1 heterocycles. The van der Waals surface area contributed by atoms with Crippen molar-refractivity contribution in [1.82, 2.24) is 5.32 Å². The summed E-state index contributed by atoms with van der Waals surface area (Å²) in [6.07, 6.45) is 0.424. The van der Waals surface area contributed by atoms with Crippen LogP contribution in [0.15, 0.2) is 24.3 Å². The summed E-state index contributed by atoms with van der Waals surface area (Å²) in [5, 5.41) is 11.2. The maximum Gasteiger partial charge on any atom is 0.327 e. The number of benzene rings is 1. The van der Waals surface area contributed by atoms with Crippen LogP contribution in [0.1, 0.15) is 11.5 Å². The Bertz CT molecular complexity index is 466. The van der Waals surface area contributed by atoms with Crippen LogP contribution in [0.2, 0.25) is 0 Å². The third-order valence-electron chi connectivity index (χ3n) is 2.97. The number of aliphatic carboxylic acids is 1. The fourth-order valence-corrected chi connectivity index (χ4v) is 3.14. The third kappa shape index (κ3) is 3.41. The van der Waals surface area contributed by atoms with Crippen molar-refractivity contribution < 1.29 is 19.4 Å². The van der Waals surface area contributed by atoms with Gasteiger partial charge in [0.05, 0.1) is 6.61 Å². The second kappa shape index (κ2) is 6.47. The average molecular weight is 281 g/mol. The van der Waals surface area contributed by atoms with Gasteiger partial charge in [0, 0.05) is 23.0 Å². The highest BCUT2D eigenvalue weighted by atomic mass is 32.2. The fraction of sp³-hybridized carbons (Fsp3) is 0.385. The number of carboxylic acid groups (broad SMARTS) is 1. The van der Waals surface area contributed by atoms with Crippen LogP contribution in [0.3, 0.4) is 0 Å². The molecule has 2 unspecified atom stereocenters. The Balaban J connectivity index is 1.84. The molecule has 1 amide bonds. The van der Waals surface area contributed by atoms with Gasteiger partial charge in [-0.25, -0.2) is 4.79 Å². The maximum absolute atomic E-state index is 10.9. The van der Waals surface area contributed by atoms with Gasteiger partial charge in [-0.2, -0.15) is 11.8 Å². The summed E-state index contributed by atoms with van der Waals surface area (Å²) >= 11 is 1.51. The van der Waals surface area contributed by atoms with E-state index in [1.54, 1.807) is 0 Å². The quantitative estimate of drug-likeness (QED) is 0.732. The van der Waals surface area contributed by atoms with Crippen LogP contribution in [-0.4, -0.2) is 41.6 Å².